The minimum atomic E-state index is -4.45. The van der Waals surface area contributed by atoms with Crippen molar-refractivity contribution >= 4 is 95.8 Å². The van der Waals surface area contributed by atoms with Crippen LogP contribution >= 0.6 is 31.9 Å². The molecule has 0 aliphatic carbocycles. The Morgan fingerprint density at radius 1 is 0.482 bits per heavy atom. The first-order chi connectivity index (χ1) is 52.4. The van der Waals surface area contributed by atoms with Crippen LogP contribution in [0.4, 0.5) is 19.1 Å². The summed E-state index contributed by atoms with van der Waals surface area (Å²) in [6.07, 6.45) is 4.82. The molecule has 7 aromatic heterocycles. The van der Waals surface area contributed by atoms with Crippen LogP contribution in [-0.2, 0) is 39.8 Å². The number of ether oxygens (including phenoxy) is 4. The van der Waals surface area contributed by atoms with Crippen LogP contribution < -0.4 is 19.9 Å². The van der Waals surface area contributed by atoms with Gasteiger partial charge < -0.3 is 34.9 Å². The molecule has 0 fully saturated rings. The van der Waals surface area contributed by atoms with Crippen LogP contribution in [0.1, 0.15) is 176 Å². The summed E-state index contributed by atoms with van der Waals surface area (Å²) in [5.74, 6) is 3.08. The zero-order chi connectivity index (χ0) is 81.1. The molecule has 5 aromatic carbocycles. The Kier molecular flexibility index (Phi) is 32.8. The number of fused-ring (bicyclic) bond motifs is 3. The average Bonchev–Trinajstić information content (AvgIpc) is 1.64. The number of nitrogens with two attached hydrogens (primary N) is 1. The van der Waals surface area contributed by atoms with E-state index in [0.717, 1.165) is 52.2 Å². The summed E-state index contributed by atoms with van der Waals surface area (Å²) in [5.41, 5.74) is 13.2. The van der Waals surface area contributed by atoms with Gasteiger partial charge in [0.15, 0.2) is 11.6 Å². The van der Waals surface area contributed by atoms with Crippen LogP contribution in [0.2, 0.25) is 0 Å². The lowest BCUT2D eigenvalue weighted by Crippen LogP contribution is -2.09. The van der Waals surface area contributed by atoms with Crippen LogP contribution in [0.25, 0.3) is 17.3 Å². The van der Waals surface area contributed by atoms with Crippen molar-refractivity contribution < 1.29 is 75.9 Å². The molecule has 30 heteroatoms. The molecule has 110 heavy (non-hydrogen) atoms. The molecule has 25 nitrogen and oxygen atoms in total. The Bertz CT molecular complexity index is 5170. The molecule has 12 aromatic rings. The number of alkyl halides is 3. The lowest BCUT2D eigenvalue weighted by Gasteiger charge is -2.07. The fraction of sp³-hybridized carbons (Fsp3) is 0.263. The number of hydrogen-bond donors (Lipinski definition) is 3. The summed E-state index contributed by atoms with van der Waals surface area (Å²) in [4.78, 5) is 115. The topological polar surface area (TPSA) is 339 Å². The molecule has 0 aliphatic rings. The number of phenolic OH excluding ortho intramolecular Hbond substituents is 2. The standard InChI is InChI=1S/C17H17N3O2.C16H13Br2N3O2.C16H15N3O2.C12H14O3.C9H10O2.C5H4F3N3.C5H10O2/c1-4-14-15(20-10-9-11(2)18-17(20)19-14)16(21)12-5-7-13(22-3)8-6-12;1-3-12-13(21-5-4-8(2)19-16(21)20-12)14(22)9-6-10(17)15(23)11(18)7-9;1-3-13-14(15(21)11-4-6-12(20)7-5-11)19-9-8-10(2)17-16(19)18-13;1-3-10(13)8-12(14)9-4-6-11(15-2)7-5-9;1-7(10)8-3-5-9(11-2)6-4-8;6-5(7,8)3-1-2-10-4(9)11-3;1-3-5(6)7-4-2/h5-10H,4H2,1-3H3;4-7,23H,3H2,1-2H3;4-9,20H,3H2,1-2H3;4-7H,3,8H2,1-2H3;3-6H,1-2H3;1-2H,(H2,9,10,11);3-4H2,1-2H3. The maximum atomic E-state index is 13.0. The van der Waals surface area contributed by atoms with Crippen molar-refractivity contribution in [2.24, 2.45) is 0 Å². The number of carbonyl (C=O) groups is 7. The van der Waals surface area contributed by atoms with Crippen LogP contribution in [-0.4, -0.2) is 132 Å². The number of rotatable bonds is 19. The minimum absolute atomic E-state index is 0.0111. The van der Waals surface area contributed by atoms with E-state index >= 15 is 0 Å². The van der Waals surface area contributed by atoms with E-state index in [1.54, 1.807) is 159 Å². The number of aromatic hydroxyl groups is 2. The number of carbonyl (C=O) groups excluding carboxylic acids is 7. The lowest BCUT2D eigenvalue weighted by atomic mass is 10.1. The van der Waals surface area contributed by atoms with Crippen LogP contribution in [0, 0.1) is 20.8 Å². The Morgan fingerprint density at radius 2 is 0.845 bits per heavy atom. The van der Waals surface area contributed by atoms with Crippen molar-refractivity contribution in [3.8, 4) is 28.7 Å². The van der Waals surface area contributed by atoms with Crippen molar-refractivity contribution in [2.45, 2.75) is 114 Å². The number of halogens is 5. The van der Waals surface area contributed by atoms with E-state index in [1.165, 1.54) is 12.1 Å². The molecular formula is C80H83Br2F3N12O13. The number of hydrogen-bond acceptors (Lipinski definition) is 22. The smallest absolute Gasteiger partial charge is 0.433 e. The number of imidazole rings is 3. The predicted octanol–water partition coefficient (Wildman–Crippen LogP) is 15.6. The second-order valence-electron chi connectivity index (χ2n) is 23.5. The summed E-state index contributed by atoms with van der Waals surface area (Å²) < 4.78 is 61.2. The Hall–Kier alpha value is -11.9. The molecule has 0 amide bonds. The van der Waals surface area contributed by atoms with Gasteiger partial charge in [0.05, 0.1) is 60.4 Å². The van der Waals surface area contributed by atoms with Gasteiger partial charge in [0.1, 0.15) is 57.3 Å². The van der Waals surface area contributed by atoms with Crippen molar-refractivity contribution in [3.63, 3.8) is 0 Å². The summed E-state index contributed by atoms with van der Waals surface area (Å²) in [6.45, 7) is 18.9. The summed E-state index contributed by atoms with van der Waals surface area (Å²) >= 11 is 6.51. The van der Waals surface area contributed by atoms with Crippen molar-refractivity contribution in [2.75, 3.05) is 33.7 Å². The third-order valence-corrected chi connectivity index (χ3v) is 17.0. The van der Waals surface area contributed by atoms with Crippen LogP contribution in [0.5, 0.6) is 28.7 Å². The van der Waals surface area contributed by atoms with Gasteiger partial charge in [0.2, 0.25) is 40.6 Å². The first kappa shape index (κ1) is 87.0. The van der Waals surface area contributed by atoms with E-state index in [1.807, 2.05) is 78.3 Å². The molecule has 4 N–H and O–H groups in total. The molecule has 0 spiro atoms. The lowest BCUT2D eigenvalue weighted by molar-refractivity contribution is -0.143. The number of nitrogens with zero attached hydrogens (tertiary/aromatic N) is 11. The second kappa shape index (κ2) is 41.4. The largest absolute Gasteiger partial charge is 0.508 e. The Balaban J connectivity index is 0.000000206. The maximum absolute atomic E-state index is 13.0. The van der Waals surface area contributed by atoms with Crippen molar-refractivity contribution in [3.05, 3.63) is 252 Å². The number of aryl methyl sites for hydroxylation is 6. The third kappa shape index (κ3) is 24.0. The van der Waals surface area contributed by atoms with Crippen LogP contribution in [0.3, 0.4) is 0 Å². The van der Waals surface area contributed by atoms with Crippen LogP contribution in [0.15, 0.2) is 167 Å². The summed E-state index contributed by atoms with van der Waals surface area (Å²) in [5, 5.41) is 19.1. The summed E-state index contributed by atoms with van der Waals surface area (Å²) in [6, 6.07) is 36.7. The number of methoxy groups -OCH3 is 3. The van der Waals surface area contributed by atoms with E-state index in [2.05, 4.69) is 76.5 Å². The number of anilines is 1. The molecule has 7 heterocycles. The van der Waals surface area contributed by atoms with E-state index in [9.17, 15) is 56.9 Å². The molecule has 0 atom stereocenters. The number of aromatic nitrogens is 11. The fourth-order valence-corrected chi connectivity index (χ4v) is 11.1. The number of nitrogen functional groups attached to an aromatic ring is 1. The highest BCUT2D eigenvalue weighted by molar-refractivity contribution is 9.11. The number of Topliss-reactive ketones (excluding diaryl/α,β-unsaturated/α-hetero) is 3. The monoisotopic (exact) mass is 1630 g/mol. The van der Waals surface area contributed by atoms with Crippen molar-refractivity contribution in [1.29, 1.82) is 0 Å². The molecule has 576 valence electrons. The molecule has 0 saturated carbocycles. The zero-order valence-corrected chi connectivity index (χ0v) is 65.9. The third-order valence-electron chi connectivity index (χ3n) is 15.7. The van der Waals surface area contributed by atoms with Gasteiger partial charge in [0.25, 0.3) is 0 Å². The SMILES string of the molecule is CCC(=O)CC(=O)c1ccc(OC)cc1.CCOC(=O)CC.CCc1nc2nc(C)ccn2c1C(=O)c1cc(Br)c(O)c(Br)c1.CCc1nc2nc(C)ccn2c1C(=O)c1ccc(O)cc1.CCc1nc2nc(C)ccn2c1C(=O)c1ccc(OC)cc1.COc1ccc(C(C)=O)cc1.Nc1nccc(C(F)(F)F)n1. The quantitative estimate of drug-likeness (QED) is 0.0384. The number of ketones is 6. The second-order valence-corrected chi connectivity index (χ2v) is 25.2. The molecule has 0 bridgehead atoms. The molecular weight excluding hydrogens is 1550 g/mol. The predicted molar refractivity (Wildman–Crippen MR) is 415 cm³/mol. The number of benzene rings is 5. The molecule has 0 aliphatic heterocycles. The van der Waals surface area contributed by atoms with Gasteiger partial charge >= 0.3 is 12.1 Å². The van der Waals surface area contributed by atoms with Crippen molar-refractivity contribution in [1.82, 2.24) is 53.1 Å². The van der Waals surface area contributed by atoms with Gasteiger partial charge in [0, 0.05) is 82.5 Å². The number of phenols is 2. The first-order valence-electron chi connectivity index (χ1n) is 34.3. The van der Waals surface area contributed by atoms with E-state index in [0.29, 0.717) is 121 Å². The van der Waals surface area contributed by atoms with Gasteiger partial charge in [-0.1, -0.05) is 34.6 Å². The van der Waals surface area contributed by atoms with Gasteiger partial charge in [-0.25, -0.2) is 39.9 Å². The Morgan fingerprint density at radius 3 is 1.15 bits per heavy atom. The van der Waals surface area contributed by atoms with E-state index in [-0.39, 0.29) is 64.5 Å². The van der Waals surface area contributed by atoms with Gasteiger partial charge in [-0.2, -0.15) is 13.2 Å². The molecule has 0 unspecified atom stereocenters. The molecule has 0 radical (unpaired) electrons. The molecule has 0 saturated heterocycles. The minimum Gasteiger partial charge on any atom is -0.508 e. The fourth-order valence-electron chi connectivity index (χ4n) is 9.92. The molecule has 12 rings (SSSR count). The van der Waals surface area contributed by atoms with Gasteiger partial charge in [-0.15, -0.1) is 0 Å². The highest BCUT2D eigenvalue weighted by Gasteiger charge is 2.33. The van der Waals surface area contributed by atoms with Gasteiger partial charge in [-0.3, -0.25) is 46.8 Å². The highest BCUT2D eigenvalue weighted by atomic mass is 79.9. The van der Waals surface area contributed by atoms with E-state index < -0.39 is 11.9 Å². The van der Waals surface area contributed by atoms with Gasteiger partial charge in [-0.05, 0) is 219 Å². The first-order valence-corrected chi connectivity index (χ1v) is 35.9. The normalized spacial score (nSPS) is 10.5. The average molecular weight is 1640 g/mol. The number of esters is 1. The van der Waals surface area contributed by atoms with E-state index in [4.69, 9.17) is 19.9 Å². The Labute approximate surface area is 649 Å². The zero-order valence-electron chi connectivity index (χ0n) is 62.7. The highest BCUT2D eigenvalue weighted by Crippen LogP contribution is 2.35. The summed E-state index contributed by atoms with van der Waals surface area (Å²) in [7, 11) is 4.77. The maximum Gasteiger partial charge on any atom is 0.433 e.